The van der Waals surface area contributed by atoms with Gasteiger partial charge in [0.2, 0.25) is 5.91 Å². The molecule has 6 heteroatoms. The summed E-state index contributed by atoms with van der Waals surface area (Å²) in [5.74, 6) is 0.495. The second-order valence-corrected chi connectivity index (χ2v) is 8.70. The highest BCUT2D eigenvalue weighted by Crippen LogP contribution is 2.19. The maximum atomic E-state index is 12.1. The maximum absolute atomic E-state index is 12.1. The quantitative estimate of drug-likeness (QED) is 0.782. The third-order valence-corrected chi connectivity index (χ3v) is 6.25. The van der Waals surface area contributed by atoms with Crippen LogP contribution in [0, 0.1) is 5.92 Å². The SMILES string of the molecule is CCC1CCNC(C(=O)NCC(C)(C)S(C)(=O)=O)C1. The molecule has 19 heavy (non-hydrogen) atoms. The molecular weight excluding hydrogens is 264 g/mol. The highest BCUT2D eigenvalue weighted by Gasteiger charge is 2.32. The molecule has 1 aliphatic rings. The lowest BCUT2D eigenvalue weighted by molar-refractivity contribution is -0.124. The molecule has 0 bridgehead atoms. The Balaban J connectivity index is 2.52. The van der Waals surface area contributed by atoms with E-state index in [-0.39, 0.29) is 18.5 Å². The van der Waals surface area contributed by atoms with E-state index in [4.69, 9.17) is 0 Å². The molecule has 1 rings (SSSR count). The molecular formula is C13H26N2O3S. The van der Waals surface area contributed by atoms with Crippen LogP contribution in [0.4, 0.5) is 0 Å². The van der Waals surface area contributed by atoms with Gasteiger partial charge in [0, 0.05) is 12.8 Å². The molecule has 0 saturated carbocycles. The van der Waals surface area contributed by atoms with Crippen molar-refractivity contribution in [2.45, 2.75) is 50.8 Å². The molecule has 0 spiro atoms. The van der Waals surface area contributed by atoms with Crippen LogP contribution in [0.25, 0.3) is 0 Å². The predicted molar refractivity (Wildman–Crippen MR) is 76.7 cm³/mol. The number of piperidine rings is 1. The van der Waals surface area contributed by atoms with Gasteiger partial charge >= 0.3 is 0 Å². The van der Waals surface area contributed by atoms with Gasteiger partial charge in [0.25, 0.3) is 0 Å². The third kappa shape index (κ3) is 4.45. The Morgan fingerprint density at radius 2 is 2.05 bits per heavy atom. The first-order valence-corrected chi connectivity index (χ1v) is 8.77. The number of hydrogen-bond donors (Lipinski definition) is 2. The minimum absolute atomic E-state index is 0.0881. The van der Waals surface area contributed by atoms with Gasteiger partial charge in [0.05, 0.1) is 10.8 Å². The fourth-order valence-corrected chi connectivity index (χ4v) is 2.46. The minimum atomic E-state index is -3.18. The van der Waals surface area contributed by atoms with Gasteiger partial charge in [-0.25, -0.2) is 8.42 Å². The fourth-order valence-electron chi connectivity index (χ4n) is 2.12. The zero-order valence-electron chi connectivity index (χ0n) is 12.3. The minimum Gasteiger partial charge on any atom is -0.353 e. The first kappa shape index (κ1) is 16.4. The number of hydrogen-bond acceptors (Lipinski definition) is 4. The molecule has 1 amide bonds. The second kappa shape index (κ2) is 6.22. The van der Waals surface area contributed by atoms with E-state index in [2.05, 4.69) is 17.6 Å². The van der Waals surface area contributed by atoms with Gasteiger partial charge in [-0.3, -0.25) is 4.79 Å². The highest BCUT2D eigenvalue weighted by atomic mass is 32.2. The molecule has 2 unspecified atom stereocenters. The van der Waals surface area contributed by atoms with E-state index in [0.717, 1.165) is 25.8 Å². The van der Waals surface area contributed by atoms with Crippen molar-refractivity contribution >= 4 is 15.7 Å². The summed E-state index contributed by atoms with van der Waals surface area (Å²) in [5, 5.41) is 5.96. The van der Waals surface area contributed by atoms with Crippen LogP contribution >= 0.6 is 0 Å². The van der Waals surface area contributed by atoms with Crippen LogP contribution in [0.1, 0.15) is 40.0 Å². The molecule has 0 radical (unpaired) electrons. The Kier molecular flexibility index (Phi) is 5.38. The second-order valence-electron chi connectivity index (χ2n) is 6.06. The van der Waals surface area contributed by atoms with Gasteiger partial charge < -0.3 is 10.6 Å². The monoisotopic (exact) mass is 290 g/mol. The Hall–Kier alpha value is -0.620. The van der Waals surface area contributed by atoms with E-state index in [0.29, 0.717) is 5.92 Å². The number of nitrogens with one attached hydrogen (secondary N) is 2. The first-order valence-electron chi connectivity index (χ1n) is 6.88. The van der Waals surface area contributed by atoms with E-state index in [1.54, 1.807) is 13.8 Å². The molecule has 1 saturated heterocycles. The average Bonchev–Trinajstić information content (AvgIpc) is 2.34. The van der Waals surface area contributed by atoms with Gasteiger partial charge in [-0.1, -0.05) is 13.3 Å². The number of rotatable bonds is 5. The van der Waals surface area contributed by atoms with Gasteiger partial charge in [0.1, 0.15) is 0 Å². The van der Waals surface area contributed by atoms with Crippen molar-refractivity contribution in [2.24, 2.45) is 5.92 Å². The van der Waals surface area contributed by atoms with Crippen molar-refractivity contribution in [3.8, 4) is 0 Å². The number of amides is 1. The Morgan fingerprint density at radius 1 is 1.42 bits per heavy atom. The lowest BCUT2D eigenvalue weighted by atomic mass is 9.90. The first-order chi connectivity index (χ1) is 8.67. The Morgan fingerprint density at radius 3 is 2.58 bits per heavy atom. The predicted octanol–water partition coefficient (Wildman–Crippen LogP) is 0.704. The normalized spacial score (nSPS) is 25.1. The molecule has 0 aliphatic carbocycles. The van der Waals surface area contributed by atoms with Crippen LogP contribution in [0.5, 0.6) is 0 Å². The topological polar surface area (TPSA) is 75.3 Å². The van der Waals surface area contributed by atoms with Crippen molar-refractivity contribution in [1.29, 1.82) is 0 Å². The van der Waals surface area contributed by atoms with Gasteiger partial charge in [-0.15, -0.1) is 0 Å². The summed E-state index contributed by atoms with van der Waals surface area (Å²) in [5.41, 5.74) is 0. The van der Waals surface area contributed by atoms with Gasteiger partial charge in [-0.05, 0) is 39.2 Å². The van der Waals surface area contributed by atoms with Crippen molar-refractivity contribution in [3.05, 3.63) is 0 Å². The van der Waals surface area contributed by atoms with Gasteiger partial charge in [0.15, 0.2) is 9.84 Å². The largest absolute Gasteiger partial charge is 0.353 e. The Labute approximate surface area is 116 Å². The van der Waals surface area contributed by atoms with E-state index in [9.17, 15) is 13.2 Å². The molecule has 0 aromatic heterocycles. The average molecular weight is 290 g/mol. The van der Waals surface area contributed by atoms with Crippen LogP contribution < -0.4 is 10.6 Å². The van der Waals surface area contributed by atoms with Crippen LogP contribution in [-0.2, 0) is 14.6 Å². The third-order valence-electron chi connectivity index (χ3n) is 4.10. The number of carbonyl (C=O) groups excluding carboxylic acids is 1. The van der Waals surface area contributed by atoms with Crippen LogP contribution in [-0.4, -0.2) is 44.5 Å². The molecule has 5 nitrogen and oxygen atoms in total. The number of carbonyl (C=O) groups is 1. The molecule has 112 valence electrons. The molecule has 1 aliphatic heterocycles. The van der Waals surface area contributed by atoms with E-state index >= 15 is 0 Å². The summed E-state index contributed by atoms with van der Waals surface area (Å²) in [6.45, 7) is 6.40. The van der Waals surface area contributed by atoms with Crippen molar-refractivity contribution in [1.82, 2.24) is 10.6 Å². The highest BCUT2D eigenvalue weighted by molar-refractivity contribution is 7.92. The smallest absolute Gasteiger partial charge is 0.237 e. The fraction of sp³-hybridized carbons (Fsp3) is 0.923. The molecule has 0 aromatic rings. The standard InChI is InChI=1S/C13H26N2O3S/c1-5-10-6-7-14-11(8-10)12(16)15-9-13(2,3)19(4,17)18/h10-11,14H,5-9H2,1-4H3,(H,15,16). The van der Waals surface area contributed by atoms with Crippen LogP contribution in [0.15, 0.2) is 0 Å². The van der Waals surface area contributed by atoms with Crippen LogP contribution in [0.2, 0.25) is 0 Å². The van der Waals surface area contributed by atoms with E-state index < -0.39 is 14.6 Å². The van der Waals surface area contributed by atoms with Crippen molar-refractivity contribution in [3.63, 3.8) is 0 Å². The Bertz CT molecular complexity index is 418. The lowest BCUT2D eigenvalue weighted by Crippen LogP contribution is -2.52. The number of sulfone groups is 1. The van der Waals surface area contributed by atoms with E-state index in [1.807, 2.05) is 0 Å². The molecule has 2 N–H and O–H groups in total. The van der Waals surface area contributed by atoms with E-state index in [1.165, 1.54) is 6.26 Å². The van der Waals surface area contributed by atoms with Crippen LogP contribution in [0.3, 0.4) is 0 Å². The summed E-state index contributed by atoms with van der Waals surface area (Å²) in [6, 6.07) is -0.186. The molecule has 1 heterocycles. The lowest BCUT2D eigenvalue weighted by Gasteiger charge is -2.30. The maximum Gasteiger partial charge on any atom is 0.237 e. The van der Waals surface area contributed by atoms with Gasteiger partial charge in [-0.2, -0.15) is 0 Å². The summed E-state index contributed by atoms with van der Waals surface area (Å²) in [7, 11) is -3.18. The zero-order valence-corrected chi connectivity index (χ0v) is 13.1. The van der Waals surface area contributed by atoms with Crippen molar-refractivity contribution < 1.29 is 13.2 Å². The summed E-state index contributed by atoms with van der Waals surface area (Å²) in [6.07, 6.45) is 4.22. The summed E-state index contributed by atoms with van der Waals surface area (Å²) < 4.78 is 22.2. The zero-order chi connectivity index (χ0) is 14.7. The molecule has 1 fully saturated rings. The molecule has 2 atom stereocenters. The van der Waals surface area contributed by atoms with Crippen molar-refractivity contribution in [2.75, 3.05) is 19.3 Å². The summed E-state index contributed by atoms with van der Waals surface area (Å²) >= 11 is 0. The molecule has 0 aromatic carbocycles. The summed E-state index contributed by atoms with van der Waals surface area (Å²) in [4.78, 5) is 12.1.